The van der Waals surface area contributed by atoms with Crippen molar-refractivity contribution >= 4 is 0 Å². The Kier molecular flexibility index (Phi) is 4.47. The van der Waals surface area contributed by atoms with Gasteiger partial charge in [0.25, 0.3) is 0 Å². The summed E-state index contributed by atoms with van der Waals surface area (Å²) in [6.45, 7) is 6.09. The van der Waals surface area contributed by atoms with Gasteiger partial charge in [0.15, 0.2) is 0 Å². The van der Waals surface area contributed by atoms with Crippen LogP contribution in [0.2, 0.25) is 0 Å². The number of hydrogen-bond donors (Lipinski definition) is 2. The molecule has 4 heteroatoms. The molecule has 0 aliphatic heterocycles. The summed E-state index contributed by atoms with van der Waals surface area (Å²) in [5, 5.41) is 10.4. The van der Waals surface area contributed by atoms with Crippen LogP contribution in [0.25, 0.3) is 0 Å². The summed E-state index contributed by atoms with van der Waals surface area (Å²) < 4.78 is 0. The molecule has 0 spiro atoms. The second kappa shape index (κ2) is 6.31. The summed E-state index contributed by atoms with van der Waals surface area (Å²) in [7, 11) is 0. The lowest BCUT2D eigenvalue weighted by Crippen LogP contribution is -2.16. The van der Waals surface area contributed by atoms with Crippen LogP contribution in [-0.2, 0) is 13.0 Å². The molecule has 4 nitrogen and oxygen atoms in total. The maximum atomic E-state index is 4.14. The first-order chi connectivity index (χ1) is 8.77. The number of aromatic amines is 1. The lowest BCUT2D eigenvalue weighted by Gasteiger charge is -2.06. The molecule has 2 heterocycles. The third kappa shape index (κ3) is 3.40. The summed E-state index contributed by atoms with van der Waals surface area (Å²) in [6.07, 6.45) is 7.88. The largest absolute Gasteiger partial charge is 0.313 e. The predicted molar refractivity (Wildman–Crippen MR) is 72.3 cm³/mol. The van der Waals surface area contributed by atoms with Crippen molar-refractivity contribution in [3.8, 4) is 0 Å². The molecule has 0 atom stereocenters. The summed E-state index contributed by atoms with van der Waals surface area (Å²) in [5.74, 6) is 0. The topological polar surface area (TPSA) is 53.6 Å². The Labute approximate surface area is 108 Å². The predicted octanol–water partition coefficient (Wildman–Crippen LogP) is 2.14. The Morgan fingerprint density at radius 2 is 2.11 bits per heavy atom. The van der Waals surface area contributed by atoms with E-state index in [-0.39, 0.29) is 0 Å². The lowest BCUT2D eigenvalue weighted by molar-refractivity contribution is 0.646. The highest BCUT2D eigenvalue weighted by molar-refractivity contribution is 5.21. The third-order valence-corrected chi connectivity index (χ3v) is 3.20. The minimum atomic E-state index is 0.893. The molecule has 2 N–H and O–H groups in total. The molecular weight excluding hydrogens is 224 g/mol. The fourth-order valence-corrected chi connectivity index (χ4v) is 1.94. The fraction of sp³-hybridized carbons (Fsp3) is 0.429. The van der Waals surface area contributed by atoms with Gasteiger partial charge in [-0.25, -0.2) is 0 Å². The second-order valence-corrected chi connectivity index (χ2v) is 4.60. The molecule has 2 aromatic heterocycles. The molecule has 0 bridgehead atoms. The molecule has 0 amide bonds. The van der Waals surface area contributed by atoms with E-state index in [0.29, 0.717) is 0 Å². The van der Waals surface area contributed by atoms with Crippen molar-refractivity contribution in [2.24, 2.45) is 0 Å². The van der Waals surface area contributed by atoms with Gasteiger partial charge in [-0.15, -0.1) is 0 Å². The van der Waals surface area contributed by atoms with Crippen LogP contribution < -0.4 is 5.32 Å². The van der Waals surface area contributed by atoms with Crippen LogP contribution in [0.5, 0.6) is 0 Å². The van der Waals surface area contributed by atoms with E-state index >= 15 is 0 Å². The Morgan fingerprint density at radius 1 is 1.22 bits per heavy atom. The average molecular weight is 244 g/mol. The van der Waals surface area contributed by atoms with E-state index in [1.54, 1.807) is 0 Å². The van der Waals surface area contributed by atoms with Gasteiger partial charge >= 0.3 is 0 Å². The summed E-state index contributed by atoms with van der Waals surface area (Å²) in [4.78, 5) is 4.14. The molecule has 0 saturated heterocycles. The fourth-order valence-electron chi connectivity index (χ4n) is 1.94. The third-order valence-electron chi connectivity index (χ3n) is 3.20. The van der Waals surface area contributed by atoms with Crippen LogP contribution in [0.3, 0.4) is 0 Å². The molecule has 2 rings (SSSR count). The smallest absolute Gasteiger partial charge is 0.0522 e. The maximum Gasteiger partial charge on any atom is 0.0522 e. The van der Waals surface area contributed by atoms with Gasteiger partial charge in [0.05, 0.1) is 6.20 Å². The van der Waals surface area contributed by atoms with Gasteiger partial charge in [0.2, 0.25) is 0 Å². The van der Waals surface area contributed by atoms with Crippen LogP contribution in [0.4, 0.5) is 0 Å². The van der Waals surface area contributed by atoms with E-state index in [4.69, 9.17) is 0 Å². The standard InChI is InChI=1S/C14H20N4/c1-11-5-7-16-9-14(11)8-15-6-3-4-13-10-17-18-12(13)2/h5,7,9-10,15H,3-4,6,8H2,1-2H3,(H,17,18). The van der Waals surface area contributed by atoms with Crippen LogP contribution >= 0.6 is 0 Å². The molecule has 0 aliphatic rings. The van der Waals surface area contributed by atoms with E-state index in [0.717, 1.165) is 25.9 Å². The molecule has 0 aliphatic carbocycles. The number of nitrogens with zero attached hydrogens (tertiary/aromatic N) is 2. The quantitative estimate of drug-likeness (QED) is 0.765. The first kappa shape index (κ1) is 12.8. The zero-order valence-corrected chi connectivity index (χ0v) is 11.0. The van der Waals surface area contributed by atoms with Crippen molar-refractivity contribution in [3.05, 3.63) is 47.0 Å². The molecular formula is C14H20N4. The van der Waals surface area contributed by atoms with E-state index in [2.05, 4.69) is 34.3 Å². The van der Waals surface area contributed by atoms with Crippen molar-refractivity contribution in [2.45, 2.75) is 33.2 Å². The normalized spacial score (nSPS) is 10.8. The molecule has 18 heavy (non-hydrogen) atoms. The second-order valence-electron chi connectivity index (χ2n) is 4.60. The molecule has 0 radical (unpaired) electrons. The van der Waals surface area contributed by atoms with Crippen molar-refractivity contribution in [1.29, 1.82) is 0 Å². The van der Waals surface area contributed by atoms with Crippen molar-refractivity contribution in [3.63, 3.8) is 0 Å². The Balaban J connectivity index is 1.68. The van der Waals surface area contributed by atoms with Gasteiger partial charge in [0.1, 0.15) is 0 Å². The van der Waals surface area contributed by atoms with Crippen molar-refractivity contribution in [1.82, 2.24) is 20.5 Å². The zero-order chi connectivity index (χ0) is 12.8. The molecule has 0 fully saturated rings. The van der Waals surface area contributed by atoms with E-state index in [1.807, 2.05) is 24.7 Å². The highest BCUT2D eigenvalue weighted by atomic mass is 15.1. The van der Waals surface area contributed by atoms with E-state index in [1.165, 1.54) is 22.4 Å². The molecule has 2 aromatic rings. The van der Waals surface area contributed by atoms with Gasteiger partial charge in [-0.2, -0.15) is 5.10 Å². The van der Waals surface area contributed by atoms with Crippen LogP contribution in [-0.4, -0.2) is 21.7 Å². The van der Waals surface area contributed by atoms with E-state index in [9.17, 15) is 0 Å². The van der Waals surface area contributed by atoms with Crippen molar-refractivity contribution < 1.29 is 0 Å². The monoisotopic (exact) mass is 244 g/mol. The van der Waals surface area contributed by atoms with Crippen LogP contribution in [0.15, 0.2) is 24.7 Å². The van der Waals surface area contributed by atoms with Crippen molar-refractivity contribution in [2.75, 3.05) is 6.54 Å². The molecule has 0 unspecified atom stereocenters. The van der Waals surface area contributed by atoms with Gasteiger partial charge in [-0.1, -0.05) is 0 Å². The minimum absolute atomic E-state index is 0.893. The number of rotatable bonds is 6. The molecule has 96 valence electrons. The number of hydrogen-bond acceptors (Lipinski definition) is 3. The molecule has 0 aromatic carbocycles. The molecule has 0 saturated carbocycles. The number of nitrogens with one attached hydrogen (secondary N) is 2. The Bertz CT molecular complexity index is 490. The van der Waals surface area contributed by atoms with Gasteiger partial charge in [0, 0.05) is 24.6 Å². The average Bonchev–Trinajstić information content (AvgIpc) is 2.77. The van der Waals surface area contributed by atoms with Crippen LogP contribution in [0, 0.1) is 13.8 Å². The highest BCUT2D eigenvalue weighted by Crippen LogP contribution is 2.06. The zero-order valence-electron chi connectivity index (χ0n) is 11.0. The van der Waals surface area contributed by atoms with Gasteiger partial charge in [-0.3, -0.25) is 10.1 Å². The lowest BCUT2D eigenvalue weighted by atomic mass is 10.1. The van der Waals surface area contributed by atoms with Gasteiger partial charge in [-0.05, 0) is 56.0 Å². The summed E-state index contributed by atoms with van der Waals surface area (Å²) in [5.41, 5.74) is 5.06. The first-order valence-corrected chi connectivity index (χ1v) is 6.36. The number of H-pyrrole nitrogens is 1. The number of aryl methyl sites for hydroxylation is 3. The maximum absolute atomic E-state index is 4.14. The van der Waals surface area contributed by atoms with E-state index < -0.39 is 0 Å². The van der Waals surface area contributed by atoms with Crippen LogP contribution in [0.1, 0.15) is 28.8 Å². The minimum Gasteiger partial charge on any atom is -0.313 e. The Morgan fingerprint density at radius 3 is 2.83 bits per heavy atom. The number of aromatic nitrogens is 3. The highest BCUT2D eigenvalue weighted by Gasteiger charge is 2.00. The summed E-state index contributed by atoms with van der Waals surface area (Å²) >= 11 is 0. The Hall–Kier alpha value is -1.68. The summed E-state index contributed by atoms with van der Waals surface area (Å²) in [6, 6.07) is 2.05. The SMILES string of the molecule is Cc1ccncc1CNCCCc1cn[nH]c1C. The first-order valence-electron chi connectivity index (χ1n) is 6.36. The number of pyridine rings is 1. The van der Waals surface area contributed by atoms with Gasteiger partial charge < -0.3 is 5.32 Å².